The van der Waals surface area contributed by atoms with Crippen LogP contribution in [0.2, 0.25) is 0 Å². The van der Waals surface area contributed by atoms with Crippen LogP contribution in [0, 0.1) is 12.8 Å². The molecule has 2 rings (SSSR count). The van der Waals surface area contributed by atoms with Crippen LogP contribution in [0.1, 0.15) is 28.8 Å². The first-order valence-corrected chi connectivity index (χ1v) is 9.92. The minimum Gasteiger partial charge on any atom is -0.465 e. The molecule has 1 saturated heterocycles. The Hall–Kier alpha value is -1.68. The molecular formula is C17H26ClN3O5S. The molecule has 27 heavy (non-hydrogen) atoms. The zero-order chi connectivity index (χ0) is 19.3. The Morgan fingerprint density at radius 1 is 1.37 bits per heavy atom. The molecule has 0 aliphatic carbocycles. The number of methoxy groups -OCH3 is 1. The summed E-state index contributed by atoms with van der Waals surface area (Å²) >= 11 is 0. The lowest BCUT2D eigenvalue weighted by molar-refractivity contribution is -0.126. The lowest BCUT2D eigenvalue weighted by Gasteiger charge is -2.31. The number of amides is 1. The van der Waals surface area contributed by atoms with Crippen LogP contribution in [-0.4, -0.2) is 57.9 Å². The number of piperidine rings is 1. The molecule has 1 fully saturated rings. The molecule has 152 valence electrons. The number of carbonyl (C=O) groups excluding carboxylic acids is 2. The Bertz CT molecular complexity index is 785. The molecule has 0 bridgehead atoms. The number of ether oxygens (including phenoxy) is 1. The van der Waals surface area contributed by atoms with E-state index >= 15 is 0 Å². The maximum absolute atomic E-state index is 13.1. The van der Waals surface area contributed by atoms with Crippen molar-refractivity contribution < 1.29 is 22.7 Å². The number of sulfonamides is 1. The van der Waals surface area contributed by atoms with Gasteiger partial charge in [-0.05, 0) is 37.5 Å². The summed E-state index contributed by atoms with van der Waals surface area (Å²) in [6.45, 7) is 2.72. The number of nitrogens with two attached hydrogens (primary N) is 1. The third kappa shape index (κ3) is 5.19. The second-order valence-electron chi connectivity index (χ2n) is 6.20. The molecule has 0 saturated carbocycles. The van der Waals surface area contributed by atoms with Gasteiger partial charge in [0.15, 0.2) is 0 Å². The first-order chi connectivity index (χ1) is 12.3. The van der Waals surface area contributed by atoms with Crippen molar-refractivity contribution in [1.82, 2.24) is 9.62 Å². The highest BCUT2D eigenvalue weighted by Crippen LogP contribution is 2.27. The highest BCUT2D eigenvalue weighted by Gasteiger charge is 2.34. The zero-order valence-electron chi connectivity index (χ0n) is 15.4. The van der Waals surface area contributed by atoms with E-state index in [2.05, 4.69) is 5.32 Å². The topological polar surface area (TPSA) is 119 Å². The van der Waals surface area contributed by atoms with E-state index in [0.717, 1.165) is 0 Å². The molecule has 0 radical (unpaired) electrons. The summed E-state index contributed by atoms with van der Waals surface area (Å²) in [7, 11) is -2.57. The quantitative estimate of drug-likeness (QED) is 0.654. The van der Waals surface area contributed by atoms with Crippen LogP contribution >= 0.6 is 12.4 Å². The van der Waals surface area contributed by atoms with E-state index in [9.17, 15) is 18.0 Å². The summed E-state index contributed by atoms with van der Waals surface area (Å²) in [5.41, 5.74) is 5.94. The summed E-state index contributed by atoms with van der Waals surface area (Å²) in [5, 5.41) is 2.71. The van der Waals surface area contributed by atoms with Crippen molar-refractivity contribution in [2.45, 2.75) is 24.7 Å². The van der Waals surface area contributed by atoms with E-state index in [1.165, 1.54) is 29.6 Å². The van der Waals surface area contributed by atoms with Gasteiger partial charge in [0.05, 0.1) is 23.5 Å². The number of esters is 1. The number of carbonyl (C=O) groups is 2. The number of hydrogen-bond acceptors (Lipinski definition) is 6. The van der Waals surface area contributed by atoms with Gasteiger partial charge in [-0.2, -0.15) is 4.31 Å². The molecule has 1 aromatic carbocycles. The third-order valence-corrected chi connectivity index (χ3v) is 6.52. The van der Waals surface area contributed by atoms with Gasteiger partial charge >= 0.3 is 5.97 Å². The lowest BCUT2D eigenvalue weighted by Crippen LogP contribution is -2.46. The molecule has 8 nitrogen and oxygen atoms in total. The van der Waals surface area contributed by atoms with Crippen LogP contribution in [-0.2, 0) is 19.6 Å². The van der Waals surface area contributed by atoms with Gasteiger partial charge in [-0.25, -0.2) is 13.2 Å². The summed E-state index contributed by atoms with van der Waals surface area (Å²) < 4.78 is 32.2. The van der Waals surface area contributed by atoms with E-state index in [0.29, 0.717) is 38.0 Å². The number of nitrogens with zero attached hydrogens (tertiary/aromatic N) is 1. The second kappa shape index (κ2) is 10.0. The van der Waals surface area contributed by atoms with Crippen molar-refractivity contribution in [2.24, 2.45) is 11.7 Å². The minimum absolute atomic E-state index is 0. The number of hydrogen-bond donors (Lipinski definition) is 2. The predicted octanol–water partition coefficient (Wildman–Crippen LogP) is 0.679. The molecule has 0 spiro atoms. The van der Waals surface area contributed by atoms with Gasteiger partial charge in [0.1, 0.15) is 0 Å². The standard InChI is InChI=1S/C17H25N3O5S.ClH/c1-12-14(17(22)25-2)6-3-7-15(12)26(23,24)20-10-4-5-13(11-20)16(21)19-9-8-18;/h3,6-7,13H,4-5,8-11,18H2,1-2H3,(H,19,21);1H. The molecule has 1 aromatic rings. The van der Waals surface area contributed by atoms with Crippen molar-refractivity contribution in [2.75, 3.05) is 33.3 Å². The Kier molecular flexibility index (Phi) is 8.67. The Balaban J connectivity index is 0.00000364. The molecule has 1 atom stereocenters. The van der Waals surface area contributed by atoms with Crippen molar-refractivity contribution in [3.63, 3.8) is 0 Å². The highest BCUT2D eigenvalue weighted by atomic mass is 35.5. The number of benzene rings is 1. The van der Waals surface area contributed by atoms with Crippen LogP contribution < -0.4 is 11.1 Å². The Morgan fingerprint density at radius 2 is 2.07 bits per heavy atom. The fraction of sp³-hybridized carbons (Fsp3) is 0.529. The molecule has 1 amide bonds. The minimum atomic E-state index is -3.82. The van der Waals surface area contributed by atoms with Gasteiger partial charge in [0.2, 0.25) is 15.9 Å². The second-order valence-corrected chi connectivity index (χ2v) is 8.11. The lowest BCUT2D eigenvalue weighted by atomic mass is 9.99. The third-order valence-electron chi connectivity index (χ3n) is 4.51. The Morgan fingerprint density at radius 3 is 2.70 bits per heavy atom. The molecule has 0 aromatic heterocycles. The smallest absolute Gasteiger partial charge is 0.338 e. The van der Waals surface area contributed by atoms with E-state index in [1.807, 2.05) is 0 Å². The van der Waals surface area contributed by atoms with Gasteiger partial charge in [-0.15, -0.1) is 12.4 Å². The predicted molar refractivity (Wildman–Crippen MR) is 103 cm³/mol. The molecule has 1 heterocycles. The summed E-state index contributed by atoms with van der Waals surface area (Å²) in [6.07, 6.45) is 1.22. The molecule has 1 aliphatic rings. The number of rotatable bonds is 6. The number of halogens is 1. The monoisotopic (exact) mass is 419 g/mol. The maximum Gasteiger partial charge on any atom is 0.338 e. The molecule has 10 heteroatoms. The van der Waals surface area contributed by atoms with E-state index < -0.39 is 21.9 Å². The zero-order valence-corrected chi connectivity index (χ0v) is 17.1. The molecule has 3 N–H and O–H groups in total. The van der Waals surface area contributed by atoms with Crippen molar-refractivity contribution in [3.05, 3.63) is 29.3 Å². The van der Waals surface area contributed by atoms with E-state index in [1.54, 1.807) is 6.92 Å². The van der Waals surface area contributed by atoms with Crippen LogP contribution in [0.5, 0.6) is 0 Å². The summed E-state index contributed by atoms with van der Waals surface area (Å²) in [5.74, 6) is -1.18. The van der Waals surface area contributed by atoms with Gasteiger partial charge in [-0.3, -0.25) is 4.79 Å². The van der Waals surface area contributed by atoms with Crippen LogP contribution in [0.25, 0.3) is 0 Å². The van der Waals surface area contributed by atoms with Crippen molar-refractivity contribution in [1.29, 1.82) is 0 Å². The van der Waals surface area contributed by atoms with Crippen LogP contribution in [0.4, 0.5) is 0 Å². The van der Waals surface area contributed by atoms with Gasteiger partial charge in [0, 0.05) is 26.2 Å². The van der Waals surface area contributed by atoms with Crippen molar-refractivity contribution >= 4 is 34.3 Å². The highest BCUT2D eigenvalue weighted by molar-refractivity contribution is 7.89. The number of nitrogens with one attached hydrogen (secondary N) is 1. The normalized spacial score (nSPS) is 17.7. The molecular weight excluding hydrogens is 394 g/mol. The maximum atomic E-state index is 13.1. The van der Waals surface area contributed by atoms with Crippen LogP contribution in [0.15, 0.2) is 23.1 Å². The largest absolute Gasteiger partial charge is 0.465 e. The van der Waals surface area contributed by atoms with Gasteiger partial charge in [0.25, 0.3) is 0 Å². The first-order valence-electron chi connectivity index (χ1n) is 8.48. The fourth-order valence-corrected chi connectivity index (χ4v) is 4.85. The average molecular weight is 420 g/mol. The van der Waals surface area contributed by atoms with E-state index in [4.69, 9.17) is 10.5 Å². The molecule has 1 unspecified atom stereocenters. The summed E-state index contributed by atoms with van der Waals surface area (Å²) in [6, 6.07) is 4.51. The van der Waals surface area contributed by atoms with Gasteiger partial charge < -0.3 is 15.8 Å². The fourth-order valence-electron chi connectivity index (χ4n) is 3.08. The Labute approximate surface area is 165 Å². The first kappa shape index (κ1) is 23.4. The SMILES string of the molecule is COC(=O)c1cccc(S(=O)(=O)N2CCCC(C(=O)NCCN)C2)c1C.Cl. The van der Waals surface area contributed by atoms with Gasteiger partial charge in [-0.1, -0.05) is 6.07 Å². The van der Waals surface area contributed by atoms with Crippen molar-refractivity contribution in [3.8, 4) is 0 Å². The molecule has 1 aliphatic heterocycles. The van der Waals surface area contributed by atoms with Crippen LogP contribution in [0.3, 0.4) is 0 Å². The summed E-state index contributed by atoms with van der Waals surface area (Å²) in [4.78, 5) is 24.1. The average Bonchev–Trinajstić information content (AvgIpc) is 2.65. The van der Waals surface area contributed by atoms with E-state index in [-0.39, 0.29) is 35.3 Å².